The Morgan fingerprint density at radius 3 is 2.47 bits per heavy atom. The van der Waals surface area contributed by atoms with E-state index >= 15 is 0 Å². The molecule has 19 heavy (non-hydrogen) atoms. The second kappa shape index (κ2) is 6.70. The Hall–Kier alpha value is -1.36. The molecule has 1 rings (SSSR count). The standard InChI is InChI=1S/C14H25N3O2/c1-5-16-11-8-12(18)17(13(16)19)10-7-6-9-15-14(2,3)4/h8,11,15H,5-7,9-10H2,1-4H3. The highest BCUT2D eigenvalue weighted by Crippen LogP contribution is 1.99. The molecule has 5 heteroatoms. The summed E-state index contributed by atoms with van der Waals surface area (Å²) in [5.74, 6) is 0. The Labute approximate surface area is 114 Å². The minimum Gasteiger partial charge on any atom is -0.312 e. The third kappa shape index (κ3) is 5.03. The van der Waals surface area contributed by atoms with Crippen molar-refractivity contribution in [3.05, 3.63) is 33.1 Å². The van der Waals surface area contributed by atoms with Gasteiger partial charge in [-0.2, -0.15) is 0 Å². The van der Waals surface area contributed by atoms with Crippen LogP contribution in [0.25, 0.3) is 0 Å². The maximum absolute atomic E-state index is 12.0. The van der Waals surface area contributed by atoms with Crippen molar-refractivity contribution in [3.8, 4) is 0 Å². The van der Waals surface area contributed by atoms with Crippen LogP contribution in [0.1, 0.15) is 40.5 Å². The van der Waals surface area contributed by atoms with Crippen LogP contribution in [0.2, 0.25) is 0 Å². The van der Waals surface area contributed by atoms with Crippen molar-refractivity contribution < 1.29 is 0 Å². The van der Waals surface area contributed by atoms with Gasteiger partial charge < -0.3 is 9.88 Å². The quantitative estimate of drug-likeness (QED) is 0.788. The van der Waals surface area contributed by atoms with E-state index in [0.717, 1.165) is 19.4 Å². The summed E-state index contributed by atoms with van der Waals surface area (Å²) in [5, 5.41) is 3.39. The minimum absolute atomic E-state index is 0.110. The smallest absolute Gasteiger partial charge is 0.312 e. The molecule has 0 saturated heterocycles. The normalized spacial score (nSPS) is 11.8. The van der Waals surface area contributed by atoms with Gasteiger partial charge in [0.15, 0.2) is 0 Å². The van der Waals surface area contributed by atoms with Crippen molar-refractivity contribution in [1.82, 2.24) is 14.5 Å². The van der Waals surface area contributed by atoms with Crippen LogP contribution in [-0.2, 0) is 13.1 Å². The summed E-state index contributed by atoms with van der Waals surface area (Å²) in [6, 6.07) is 1.46. The van der Waals surface area contributed by atoms with E-state index in [9.17, 15) is 9.59 Å². The van der Waals surface area contributed by atoms with Crippen LogP contribution >= 0.6 is 0 Å². The molecule has 0 fully saturated rings. The summed E-state index contributed by atoms with van der Waals surface area (Å²) in [4.78, 5) is 23.6. The molecule has 1 N–H and O–H groups in total. The van der Waals surface area contributed by atoms with Gasteiger partial charge in [0, 0.05) is 30.9 Å². The molecule has 0 aromatic carbocycles. The number of nitrogens with zero attached hydrogens (tertiary/aromatic N) is 2. The third-order valence-corrected chi connectivity index (χ3v) is 2.94. The molecule has 0 amide bonds. The highest BCUT2D eigenvalue weighted by Gasteiger charge is 2.08. The van der Waals surface area contributed by atoms with Crippen molar-refractivity contribution >= 4 is 0 Å². The van der Waals surface area contributed by atoms with Crippen LogP contribution in [0.15, 0.2) is 21.9 Å². The monoisotopic (exact) mass is 267 g/mol. The van der Waals surface area contributed by atoms with Gasteiger partial charge in [0.25, 0.3) is 5.56 Å². The minimum atomic E-state index is -0.210. The van der Waals surface area contributed by atoms with Crippen LogP contribution in [0.5, 0.6) is 0 Å². The van der Waals surface area contributed by atoms with Crippen LogP contribution in [-0.4, -0.2) is 21.2 Å². The molecular formula is C14H25N3O2. The molecule has 1 heterocycles. The number of nitrogens with one attached hydrogen (secondary N) is 1. The van der Waals surface area contributed by atoms with Gasteiger partial charge in [-0.25, -0.2) is 4.79 Å². The lowest BCUT2D eigenvalue weighted by Gasteiger charge is -2.20. The molecule has 1 aromatic heterocycles. The first-order valence-electron chi connectivity index (χ1n) is 6.90. The predicted molar refractivity (Wildman–Crippen MR) is 77.6 cm³/mol. The molecular weight excluding hydrogens is 242 g/mol. The largest absolute Gasteiger partial charge is 0.330 e. The van der Waals surface area contributed by atoms with Crippen molar-refractivity contribution in [2.75, 3.05) is 6.54 Å². The Balaban J connectivity index is 2.55. The zero-order valence-corrected chi connectivity index (χ0v) is 12.4. The fourth-order valence-electron chi connectivity index (χ4n) is 1.86. The highest BCUT2D eigenvalue weighted by molar-refractivity contribution is 4.86. The first kappa shape index (κ1) is 15.7. The second-order valence-electron chi connectivity index (χ2n) is 5.76. The SMILES string of the molecule is CCn1ccc(=O)n(CCCCNC(C)(C)C)c1=O. The first-order chi connectivity index (χ1) is 8.85. The molecule has 0 saturated carbocycles. The van der Waals surface area contributed by atoms with Crippen molar-refractivity contribution in [3.63, 3.8) is 0 Å². The van der Waals surface area contributed by atoms with E-state index < -0.39 is 0 Å². The predicted octanol–water partition coefficient (Wildman–Crippen LogP) is 1.20. The van der Waals surface area contributed by atoms with Crippen molar-refractivity contribution in [2.45, 2.75) is 59.2 Å². The Kier molecular flexibility index (Phi) is 5.54. The Morgan fingerprint density at radius 2 is 1.89 bits per heavy atom. The first-order valence-corrected chi connectivity index (χ1v) is 6.90. The van der Waals surface area contributed by atoms with Gasteiger partial charge in [-0.1, -0.05) is 0 Å². The summed E-state index contributed by atoms with van der Waals surface area (Å²) in [7, 11) is 0. The van der Waals surface area contributed by atoms with Gasteiger partial charge >= 0.3 is 5.69 Å². The number of rotatable bonds is 6. The summed E-state index contributed by atoms with van der Waals surface area (Å²) in [6.07, 6.45) is 3.33. The van der Waals surface area contributed by atoms with Gasteiger partial charge in [-0.3, -0.25) is 9.36 Å². The number of aromatic nitrogens is 2. The van der Waals surface area contributed by atoms with Gasteiger partial charge in [0.1, 0.15) is 0 Å². The van der Waals surface area contributed by atoms with E-state index in [0.29, 0.717) is 13.1 Å². The van der Waals surface area contributed by atoms with Gasteiger partial charge in [0.2, 0.25) is 0 Å². The number of hydrogen-bond acceptors (Lipinski definition) is 3. The lowest BCUT2D eigenvalue weighted by molar-refractivity contribution is 0.411. The lowest BCUT2D eigenvalue weighted by atomic mass is 10.1. The maximum Gasteiger partial charge on any atom is 0.330 e. The third-order valence-electron chi connectivity index (χ3n) is 2.94. The summed E-state index contributed by atoms with van der Waals surface area (Å²) >= 11 is 0. The average Bonchev–Trinajstić information content (AvgIpc) is 2.31. The molecule has 0 radical (unpaired) electrons. The summed E-state index contributed by atoms with van der Waals surface area (Å²) < 4.78 is 2.87. The van der Waals surface area contributed by atoms with Gasteiger partial charge in [0.05, 0.1) is 0 Å². The van der Waals surface area contributed by atoms with Crippen LogP contribution < -0.4 is 16.6 Å². The molecule has 108 valence electrons. The lowest BCUT2D eigenvalue weighted by Crippen LogP contribution is -2.39. The molecule has 0 atom stereocenters. The zero-order chi connectivity index (χ0) is 14.5. The fraction of sp³-hybridized carbons (Fsp3) is 0.714. The number of hydrogen-bond donors (Lipinski definition) is 1. The average molecular weight is 267 g/mol. The van der Waals surface area contributed by atoms with E-state index in [1.54, 1.807) is 10.8 Å². The molecule has 1 aromatic rings. The van der Waals surface area contributed by atoms with E-state index in [-0.39, 0.29) is 16.8 Å². The maximum atomic E-state index is 12.0. The Morgan fingerprint density at radius 1 is 1.21 bits per heavy atom. The molecule has 0 aliphatic heterocycles. The van der Waals surface area contributed by atoms with Crippen LogP contribution in [0.3, 0.4) is 0 Å². The highest BCUT2D eigenvalue weighted by atomic mass is 16.2. The van der Waals surface area contributed by atoms with Gasteiger partial charge in [-0.15, -0.1) is 0 Å². The molecule has 0 aliphatic carbocycles. The summed E-state index contributed by atoms with van der Waals surface area (Å²) in [5.41, 5.74) is -0.310. The number of aryl methyl sites for hydroxylation is 1. The van der Waals surface area contributed by atoms with Crippen molar-refractivity contribution in [2.24, 2.45) is 0 Å². The Bertz CT molecular complexity index is 509. The van der Waals surface area contributed by atoms with Crippen LogP contribution in [0.4, 0.5) is 0 Å². The van der Waals surface area contributed by atoms with E-state index in [2.05, 4.69) is 26.1 Å². The zero-order valence-electron chi connectivity index (χ0n) is 12.4. The fourth-order valence-corrected chi connectivity index (χ4v) is 1.86. The molecule has 0 aliphatic rings. The molecule has 0 spiro atoms. The second-order valence-corrected chi connectivity index (χ2v) is 5.76. The van der Waals surface area contributed by atoms with Gasteiger partial charge in [-0.05, 0) is 47.1 Å². The molecule has 5 nitrogen and oxygen atoms in total. The van der Waals surface area contributed by atoms with E-state index in [4.69, 9.17) is 0 Å². The van der Waals surface area contributed by atoms with Crippen LogP contribution in [0, 0.1) is 0 Å². The molecule has 0 bridgehead atoms. The van der Waals surface area contributed by atoms with E-state index in [1.807, 2.05) is 6.92 Å². The topological polar surface area (TPSA) is 56.0 Å². The number of unbranched alkanes of at least 4 members (excludes halogenated alkanes) is 1. The van der Waals surface area contributed by atoms with Crippen molar-refractivity contribution in [1.29, 1.82) is 0 Å². The van der Waals surface area contributed by atoms with E-state index in [1.165, 1.54) is 10.6 Å². The molecule has 0 unspecified atom stereocenters. The summed E-state index contributed by atoms with van der Waals surface area (Å²) in [6.45, 7) is 10.2.